The van der Waals surface area contributed by atoms with E-state index in [2.05, 4.69) is 46.4 Å². The predicted octanol–water partition coefficient (Wildman–Crippen LogP) is 2.01. The van der Waals surface area contributed by atoms with E-state index in [1.54, 1.807) is 0 Å². The Balaban J connectivity index is 1.57. The molecule has 130 valence electrons. The van der Waals surface area contributed by atoms with Crippen LogP contribution in [0.2, 0.25) is 0 Å². The van der Waals surface area contributed by atoms with Crippen LogP contribution in [0.3, 0.4) is 0 Å². The largest absolute Gasteiger partial charge is 0.311 e. The van der Waals surface area contributed by atoms with Gasteiger partial charge < -0.3 is 5.32 Å². The Labute approximate surface area is 146 Å². The molecule has 24 heavy (non-hydrogen) atoms. The Morgan fingerprint density at radius 3 is 2.67 bits per heavy atom. The van der Waals surface area contributed by atoms with Gasteiger partial charge in [-0.25, -0.2) is 0 Å². The lowest BCUT2D eigenvalue weighted by molar-refractivity contribution is 0.130. The number of aromatic amines is 1. The number of nitrogens with one attached hydrogen (secondary N) is 2. The smallest absolute Gasteiger partial charge is 0.0695 e. The van der Waals surface area contributed by atoms with Crippen LogP contribution in [0.15, 0.2) is 36.5 Å². The van der Waals surface area contributed by atoms with Gasteiger partial charge in [0.05, 0.1) is 11.9 Å². The molecular weight excluding hydrogens is 320 g/mol. The number of aromatic nitrogens is 2. The van der Waals surface area contributed by atoms with Gasteiger partial charge in [0.25, 0.3) is 0 Å². The summed E-state index contributed by atoms with van der Waals surface area (Å²) in [5, 5.41) is 10.9. The molecule has 6 heteroatoms. The molecule has 0 amide bonds. The van der Waals surface area contributed by atoms with E-state index in [-0.39, 0.29) is 5.54 Å². The first-order valence-electron chi connectivity index (χ1n) is 8.45. The van der Waals surface area contributed by atoms with E-state index < -0.39 is 10.8 Å². The number of H-pyrrole nitrogens is 1. The standard InChI is InChI=1S/C18H26N4OS/c1-18(2,22-8-10-24(23)11-9-22)14-19-12-16-13-20-21-17(16)15-6-4-3-5-7-15/h3-7,13,19H,8-12,14H2,1-2H3,(H,20,21). The maximum atomic E-state index is 11.5. The Morgan fingerprint density at radius 2 is 1.96 bits per heavy atom. The van der Waals surface area contributed by atoms with E-state index >= 15 is 0 Å². The molecule has 5 nitrogen and oxygen atoms in total. The Morgan fingerprint density at radius 1 is 1.25 bits per heavy atom. The predicted molar refractivity (Wildman–Crippen MR) is 99.3 cm³/mol. The average molecular weight is 347 g/mol. The van der Waals surface area contributed by atoms with Crippen LogP contribution in [-0.4, -0.2) is 56.0 Å². The highest BCUT2D eigenvalue weighted by molar-refractivity contribution is 7.85. The molecule has 0 unspecified atom stereocenters. The van der Waals surface area contributed by atoms with Crippen LogP contribution in [0.1, 0.15) is 19.4 Å². The second kappa shape index (κ2) is 7.59. The van der Waals surface area contributed by atoms with Gasteiger partial charge in [-0.1, -0.05) is 30.3 Å². The molecule has 0 bridgehead atoms. The van der Waals surface area contributed by atoms with Crippen molar-refractivity contribution in [3.8, 4) is 11.3 Å². The fourth-order valence-electron chi connectivity index (χ4n) is 3.16. The summed E-state index contributed by atoms with van der Waals surface area (Å²) in [7, 11) is -0.625. The first-order chi connectivity index (χ1) is 11.6. The SMILES string of the molecule is CC(C)(CNCc1cn[nH]c1-c1ccccc1)N1CCS(=O)CC1. The molecule has 3 rings (SSSR count). The first kappa shape index (κ1) is 17.3. The number of benzene rings is 1. The zero-order chi connectivity index (χ0) is 17.0. The van der Waals surface area contributed by atoms with Crippen LogP contribution in [0.25, 0.3) is 11.3 Å². The summed E-state index contributed by atoms with van der Waals surface area (Å²) < 4.78 is 11.5. The molecule has 1 saturated heterocycles. The van der Waals surface area contributed by atoms with E-state index in [1.165, 1.54) is 5.56 Å². The summed E-state index contributed by atoms with van der Waals surface area (Å²) in [6, 6.07) is 10.3. The lowest BCUT2D eigenvalue weighted by atomic mass is 10.0. The van der Waals surface area contributed by atoms with Crippen molar-refractivity contribution in [3.05, 3.63) is 42.1 Å². The average Bonchev–Trinajstić information content (AvgIpc) is 3.04. The lowest BCUT2D eigenvalue weighted by Gasteiger charge is -2.40. The van der Waals surface area contributed by atoms with Crippen LogP contribution in [0.4, 0.5) is 0 Å². The molecule has 1 aromatic carbocycles. The normalized spacial score (nSPS) is 17.2. The van der Waals surface area contributed by atoms with Gasteiger partial charge in [0, 0.05) is 59.6 Å². The van der Waals surface area contributed by atoms with Gasteiger partial charge >= 0.3 is 0 Å². The van der Waals surface area contributed by atoms with Crippen LogP contribution >= 0.6 is 0 Å². The molecule has 0 atom stereocenters. The van der Waals surface area contributed by atoms with Gasteiger partial charge in [-0.2, -0.15) is 5.10 Å². The van der Waals surface area contributed by atoms with E-state index in [9.17, 15) is 4.21 Å². The minimum atomic E-state index is -0.625. The van der Waals surface area contributed by atoms with Crippen molar-refractivity contribution < 1.29 is 4.21 Å². The first-order valence-corrected chi connectivity index (χ1v) is 9.93. The van der Waals surface area contributed by atoms with Gasteiger partial charge in [-0.05, 0) is 19.4 Å². The molecule has 2 aromatic rings. The lowest BCUT2D eigenvalue weighted by Crippen LogP contribution is -2.55. The topological polar surface area (TPSA) is 61.0 Å². The molecular formula is C18H26N4OS. The number of rotatable bonds is 6. The maximum absolute atomic E-state index is 11.5. The molecule has 2 N–H and O–H groups in total. The molecule has 0 aliphatic carbocycles. The molecule has 0 spiro atoms. The molecule has 2 heterocycles. The van der Waals surface area contributed by atoms with Crippen molar-refractivity contribution in [2.75, 3.05) is 31.1 Å². The van der Waals surface area contributed by atoms with Crippen molar-refractivity contribution in [2.24, 2.45) is 0 Å². The van der Waals surface area contributed by atoms with Crippen LogP contribution < -0.4 is 5.32 Å². The summed E-state index contributed by atoms with van der Waals surface area (Å²) in [5.74, 6) is 1.59. The molecule has 1 aliphatic heterocycles. The highest BCUT2D eigenvalue weighted by Crippen LogP contribution is 2.21. The Bertz CT molecular complexity index is 673. The molecule has 1 fully saturated rings. The van der Waals surface area contributed by atoms with Crippen LogP contribution in [-0.2, 0) is 17.3 Å². The van der Waals surface area contributed by atoms with Crippen molar-refractivity contribution in [3.63, 3.8) is 0 Å². The highest BCUT2D eigenvalue weighted by atomic mass is 32.2. The van der Waals surface area contributed by atoms with Crippen molar-refractivity contribution in [1.29, 1.82) is 0 Å². The zero-order valence-electron chi connectivity index (χ0n) is 14.4. The van der Waals surface area contributed by atoms with E-state index in [0.29, 0.717) is 0 Å². The maximum Gasteiger partial charge on any atom is 0.0695 e. The van der Waals surface area contributed by atoms with E-state index in [0.717, 1.165) is 48.9 Å². The van der Waals surface area contributed by atoms with Gasteiger partial charge in [0.1, 0.15) is 0 Å². The van der Waals surface area contributed by atoms with Crippen molar-refractivity contribution >= 4 is 10.8 Å². The Hall–Kier alpha value is -1.50. The zero-order valence-corrected chi connectivity index (χ0v) is 15.2. The number of hydrogen-bond donors (Lipinski definition) is 2. The summed E-state index contributed by atoms with van der Waals surface area (Å²) in [6.45, 7) is 8.01. The second-order valence-corrected chi connectivity index (χ2v) is 8.58. The highest BCUT2D eigenvalue weighted by Gasteiger charge is 2.29. The van der Waals surface area contributed by atoms with Crippen LogP contribution in [0, 0.1) is 0 Å². The third-order valence-electron chi connectivity index (χ3n) is 4.69. The van der Waals surface area contributed by atoms with E-state index in [1.807, 2.05) is 24.4 Å². The summed E-state index contributed by atoms with van der Waals surface area (Å²) in [6.07, 6.45) is 1.90. The van der Waals surface area contributed by atoms with Crippen molar-refractivity contribution in [1.82, 2.24) is 20.4 Å². The minimum Gasteiger partial charge on any atom is -0.311 e. The summed E-state index contributed by atoms with van der Waals surface area (Å²) in [5.41, 5.74) is 3.47. The number of nitrogens with zero attached hydrogens (tertiary/aromatic N) is 2. The fraction of sp³-hybridized carbons (Fsp3) is 0.500. The Kier molecular flexibility index (Phi) is 5.48. The number of hydrogen-bond acceptors (Lipinski definition) is 4. The second-order valence-electron chi connectivity index (χ2n) is 6.89. The van der Waals surface area contributed by atoms with Crippen molar-refractivity contribution in [2.45, 2.75) is 25.9 Å². The summed E-state index contributed by atoms with van der Waals surface area (Å²) in [4.78, 5) is 2.44. The summed E-state index contributed by atoms with van der Waals surface area (Å²) >= 11 is 0. The molecule has 0 radical (unpaired) electrons. The van der Waals surface area contributed by atoms with E-state index in [4.69, 9.17) is 0 Å². The van der Waals surface area contributed by atoms with Gasteiger partial charge in [0.15, 0.2) is 0 Å². The monoisotopic (exact) mass is 346 g/mol. The third-order valence-corrected chi connectivity index (χ3v) is 5.96. The van der Waals surface area contributed by atoms with Gasteiger partial charge in [-0.3, -0.25) is 14.2 Å². The van der Waals surface area contributed by atoms with Gasteiger partial charge in [-0.15, -0.1) is 0 Å². The molecule has 1 aliphatic rings. The van der Waals surface area contributed by atoms with Gasteiger partial charge in [0.2, 0.25) is 0 Å². The minimum absolute atomic E-state index is 0.0568. The van der Waals surface area contributed by atoms with Crippen LogP contribution in [0.5, 0.6) is 0 Å². The molecule has 0 saturated carbocycles. The molecule has 1 aromatic heterocycles. The fourth-order valence-corrected chi connectivity index (χ4v) is 4.21. The quantitative estimate of drug-likeness (QED) is 0.840. The third kappa shape index (κ3) is 4.12.